The predicted molar refractivity (Wildman–Crippen MR) is 111 cm³/mol. The fourth-order valence-electron chi connectivity index (χ4n) is 2.65. The highest BCUT2D eigenvalue weighted by atomic mass is 16.7. The first-order valence-electron chi connectivity index (χ1n) is 9.01. The number of benzene rings is 3. The Hall–Kier alpha value is -4.20. The number of carbonyl (C=O) groups is 1. The first-order valence-corrected chi connectivity index (χ1v) is 9.01. The zero-order chi connectivity index (χ0) is 21.5. The van der Waals surface area contributed by atoms with Crippen LogP contribution in [0, 0.1) is 17.0 Å². The van der Waals surface area contributed by atoms with Crippen molar-refractivity contribution in [2.45, 2.75) is 13.5 Å². The van der Waals surface area contributed by atoms with Crippen molar-refractivity contribution >= 4 is 17.5 Å². The molecule has 0 aliphatic heterocycles. The van der Waals surface area contributed by atoms with Gasteiger partial charge >= 0.3 is 11.7 Å². The number of hydrogen-bond acceptors (Lipinski definition) is 6. The Balaban J connectivity index is 1.68. The van der Waals surface area contributed by atoms with Gasteiger partial charge in [-0.05, 0) is 36.2 Å². The number of amidine groups is 1. The number of carbonyl (C=O) groups excluding carboxylic acids is 1. The summed E-state index contributed by atoms with van der Waals surface area (Å²) in [6, 6.07) is 20.1. The molecule has 0 bridgehead atoms. The fourth-order valence-corrected chi connectivity index (χ4v) is 2.65. The summed E-state index contributed by atoms with van der Waals surface area (Å²) in [5.74, 6) is -0.453. The molecule has 0 aromatic heterocycles. The maximum Gasteiger partial charge on any atom is 0.365 e. The van der Waals surface area contributed by atoms with Crippen LogP contribution in [0.4, 0.5) is 5.69 Å². The molecule has 0 amide bonds. The van der Waals surface area contributed by atoms with Crippen LogP contribution in [0.3, 0.4) is 0 Å². The SMILES string of the molecule is Cc1ccc(OCc2cccc(C(=O)O/N=C(\N)c3ccccc3)c2)c([N+](=O)[O-])c1. The van der Waals surface area contributed by atoms with E-state index in [2.05, 4.69) is 5.16 Å². The summed E-state index contributed by atoms with van der Waals surface area (Å²) in [5, 5.41) is 14.9. The lowest BCUT2D eigenvalue weighted by molar-refractivity contribution is -0.386. The first-order chi connectivity index (χ1) is 14.4. The second-order valence-electron chi connectivity index (χ2n) is 6.44. The van der Waals surface area contributed by atoms with Gasteiger partial charge in [-0.1, -0.05) is 53.7 Å². The number of nitro groups is 1. The monoisotopic (exact) mass is 405 g/mol. The topological polar surface area (TPSA) is 117 Å². The lowest BCUT2D eigenvalue weighted by Gasteiger charge is -2.08. The summed E-state index contributed by atoms with van der Waals surface area (Å²) in [6.07, 6.45) is 0. The van der Waals surface area contributed by atoms with Crippen molar-refractivity contribution in [3.63, 3.8) is 0 Å². The van der Waals surface area contributed by atoms with Gasteiger partial charge in [0, 0.05) is 11.6 Å². The molecule has 8 heteroatoms. The summed E-state index contributed by atoms with van der Waals surface area (Å²) in [6.45, 7) is 1.80. The van der Waals surface area contributed by atoms with Gasteiger partial charge in [-0.2, -0.15) is 0 Å². The average Bonchev–Trinajstić information content (AvgIpc) is 2.77. The van der Waals surface area contributed by atoms with Crippen molar-refractivity contribution in [3.8, 4) is 5.75 Å². The number of oxime groups is 1. The van der Waals surface area contributed by atoms with Gasteiger partial charge in [0.1, 0.15) is 6.61 Å². The smallest absolute Gasteiger partial charge is 0.365 e. The molecule has 0 fully saturated rings. The third-order valence-electron chi connectivity index (χ3n) is 4.16. The minimum atomic E-state index is -0.683. The molecule has 0 aliphatic carbocycles. The zero-order valence-corrected chi connectivity index (χ0v) is 16.1. The normalized spacial score (nSPS) is 11.0. The standard InChI is InChI=1S/C22H19N3O5/c1-15-10-11-20(19(12-15)25(27)28)29-14-16-6-5-9-18(13-16)22(26)30-24-21(23)17-7-3-2-4-8-17/h2-13H,14H2,1H3,(H2,23,24). The van der Waals surface area contributed by atoms with Gasteiger partial charge in [-0.3, -0.25) is 10.1 Å². The Bertz CT molecular complexity index is 1100. The number of rotatable bonds is 7. The van der Waals surface area contributed by atoms with Crippen molar-refractivity contribution in [2.24, 2.45) is 10.9 Å². The fraction of sp³-hybridized carbons (Fsp3) is 0.0909. The molecule has 2 N–H and O–H groups in total. The van der Waals surface area contributed by atoms with Crippen molar-refractivity contribution in [1.82, 2.24) is 0 Å². The Morgan fingerprint density at radius 1 is 1.03 bits per heavy atom. The molecular weight excluding hydrogens is 386 g/mol. The third-order valence-corrected chi connectivity index (χ3v) is 4.16. The molecule has 0 spiro atoms. The Morgan fingerprint density at radius 3 is 2.50 bits per heavy atom. The van der Waals surface area contributed by atoms with Crippen molar-refractivity contribution in [3.05, 3.63) is 105 Å². The van der Waals surface area contributed by atoms with E-state index in [0.717, 1.165) is 5.56 Å². The van der Waals surface area contributed by atoms with E-state index in [9.17, 15) is 14.9 Å². The molecule has 0 heterocycles. The van der Waals surface area contributed by atoms with Crippen LogP contribution in [0.2, 0.25) is 0 Å². The average molecular weight is 405 g/mol. The van der Waals surface area contributed by atoms with Crippen LogP contribution >= 0.6 is 0 Å². The Labute approximate surface area is 172 Å². The van der Waals surface area contributed by atoms with Gasteiger partial charge in [-0.25, -0.2) is 4.79 Å². The molecule has 30 heavy (non-hydrogen) atoms. The van der Waals surface area contributed by atoms with Crippen molar-refractivity contribution in [2.75, 3.05) is 0 Å². The molecule has 0 saturated carbocycles. The molecule has 0 unspecified atom stereocenters. The quantitative estimate of drug-likeness (QED) is 0.209. The lowest BCUT2D eigenvalue weighted by Crippen LogP contribution is -2.15. The molecule has 8 nitrogen and oxygen atoms in total. The van der Waals surface area contributed by atoms with Crippen LogP contribution in [0.5, 0.6) is 5.75 Å². The van der Waals surface area contributed by atoms with E-state index in [-0.39, 0.29) is 29.4 Å². The number of hydrogen-bond donors (Lipinski definition) is 1. The van der Waals surface area contributed by atoms with Crippen molar-refractivity contribution in [1.29, 1.82) is 0 Å². The van der Waals surface area contributed by atoms with Gasteiger partial charge in [0.25, 0.3) is 0 Å². The van der Waals surface area contributed by atoms with E-state index >= 15 is 0 Å². The molecule has 0 radical (unpaired) electrons. The van der Waals surface area contributed by atoms with Crippen LogP contribution in [-0.4, -0.2) is 16.7 Å². The molecule has 0 saturated heterocycles. The van der Waals surface area contributed by atoms with E-state index in [1.165, 1.54) is 6.07 Å². The minimum Gasteiger partial charge on any atom is -0.482 e. The van der Waals surface area contributed by atoms with Crippen LogP contribution in [0.15, 0.2) is 78.0 Å². The van der Waals surface area contributed by atoms with Gasteiger partial charge in [-0.15, -0.1) is 0 Å². The van der Waals surface area contributed by atoms with Crippen LogP contribution in [0.25, 0.3) is 0 Å². The molecular formula is C22H19N3O5. The van der Waals surface area contributed by atoms with Gasteiger partial charge in [0.15, 0.2) is 11.6 Å². The molecule has 3 rings (SSSR count). The summed E-state index contributed by atoms with van der Waals surface area (Å²) < 4.78 is 5.59. The second-order valence-corrected chi connectivity index (χ2v) is 6.44. The highest BCUT2D eigenvalue weighted by Gasteiger charge is 2.16. The van der Waals surface area contributed by atoms with Gasteiger partial charge < -0.3 is 15.3 Å². The van der Waals surface area contributed by atoms with Crippen molar-refractivity contribution < 1.29 is 19.3 Å². The van der Waals surface area contributed by atoms with Crippen LogP contribution in [-0.2, 0) is 11.4 Å². The molecule has 0 aliphatic rings. The zero-order valence-electron chi connectivity index (χ0n) is 16.1. The van der Waals surface area contributed by atoms with E-state index in [1.807, 2.05) is 6.07 Å². The molecule has 3 aromatic carbocycles. The Morgan fingerprint density at radius 2 is 1.77 bits per heavy atom. The highest BCUT2D eigenvalue weighted by Crippen LogP contribution is 2.28. The Kier molecular flexibility index (Phi) is 6.39. The number of nitrogens with zero attached hydrogens (tertiary/aromatic N) is 2. The van der Waals surface area contributed by atoms with E-state index in [0.29, 0.717) is 11.1 Å². The van der Waals surface area contributed by atoms with E-state index in [1.54, 1.807) is 67.6 Å². The third kappa shape index (κ3) is 5.20. The number of ether oxygens (including phenoxy) is 1. The van der Waals surface area contributed by atoms with E-state index < -0.39 is 10.9 Å². The molecule has 152 valence electrons. The van der Waals surface area contributed by atoms with E-state index in [4.69, 9.17) is 15.3 Å². The van der Waals surface area contributed by atoms with Gasteiger partial charge in [0.05, 0.1) is 10.5 Å². The second kappa shape index (κ2) is 9.33. The lowest BCUT2D eigenvalue weighted by atomic mass is 10.1. The summed E-state index contributed by atoms with van der Waals surface area (Å²) in [5.41, 5.74) is 7.97. The molecule has 3 aromatic rings. The van der Waals surface area contributed by atoms with Crippen LogP contribution < -0.4 is 10.5 Å². The molecule has 0 atom stereocenters. The number of nitrogens with two attached hydrogens (primary N) is 1. The minimum absolute atomic E-state index is 0.0421. The summed E-state index contributed by atoms with van der Waals surface area (Å²) >= 11 is 0. The maximum absolute atomic E-state index is 12.3. The van der Waals surface area contributed by atoms with Crippen LogP contribution in [0.1, 0.15) is 27.0 Å². The predicted octanol–water partition coefficient (Wildman–Crippen LogP) is 3.96. The number of nitro benzene ring substituents is 1. The summed E-state index contributed by atoms with van der Waals surface area (Å²) in [7, 11) is 0. The first kappa shape index (κ1) is 20.5. The maximum atomic E-state index is 12.3. The number of aryl methyl sites for hydroxylation is 1. The highest BCUT2D eigenvalue weighted by molar-refractivity contribution is 5.98. The largest absolute Gasteiger partial charge is 0.482 e. The summed E-state index contributed by atoms with van der Waals surface area (Å²) in [4.78, 5) is 27.9. The van der Waals surface area contributed by atoms with Gasteiger partial charge in [0.2, 0.25) is 0 Å².